The molecule has 0 atom stereocenters. The van der Waals surface area contributed by atoms with Crippen LogP contribution in [0.4, 0.5) is 10.6 Å². The molecule has 0 bridgehead atoms. The van der Waals surface area contributed by atoms with Crippen LogP contribution in [0.1, 0.15) is 48.5 Å². The number of ether oxygens (including phenoxy) is 3. The van der Waals surface area contributed by atoms with E-state index in [-0.39, 0.29) is 17.9 Å². The van der Waals surface area contributed by atoms with Crippen molar-refractivity contribution in [3.05, 3.63) is 17.3 Å². The number of anilines is 1. The van der Waals surface area contributed by atoms with Gasteiger partial charge in [-0.3, -0.25) is 10.2 Å². The van der Waals surface area contributed by atoms with Crippen molar-refractivity contribution in [2.24, 2.45) is 0 Å². The molecular weight excluding hydrogens is 382 g/mol. The van der Waals surface area contributed by atoms with E-state index in [1.54, 1.807) is 27.7 Å². The fourth-order valence-corrected chi connectivity index (χ4v) is 2.44. The minimum Gasteiger partial charge on any atom is -0.461 e. The Bertz CT molecular complexity index is 758. The number of hydrogen-bond donors (Lipinski definition) is 1. The van der Waals surface area contributed by atoms with Crippen LogP contribution in [0.3, 0.4) is 0 Å². The third-order valence-corrected chi connectivity index (χ3v) is 3.77. The molecule has 2 rings (SSSR count). The zero-order valence-corrected chi connectivity index (χ0v) is 17.4. The van der Waals surface area contributed by atoms with Crippen molar-refractivity contribution >= 4 is 23.8 Å². The fourth-order valence-electron chi connectivity index (χ4n) is 2.44. The molecule has 29 heavy (non-hydrogen) atoms. The number of carbonyl (C=O) groups excluding carboxylic acids is 3. The Hall–Kier alpha value is -2.95. The van der Waals surface area contributed by atoms with Crippen molar-refractivity contribution < 1.29 is 28.6 Å². The highest BCUT2D eigenvalue weighted by molar-refractivity contribution is 6.04. The summed E-state index contributed by atoms with van der Waals surface area (Å²) in [7, 11) is 1.34. The summed E-state index contributed by atoms with van der Waals surface area (Å²) in [6.07, 6.45) is -0.751. The molecule has 1 N–H and O–H groups in total. The smallest absolute Gasteiger partial charge is 0.428 e. The van der Waals surface area contributed by atoms with Crippen LogP contribution in [0, 0.1) is 0 Å². The Balaban J connectivity index is 2.27. The van der Waals surface area contributed by atoms with Crippen LogP contribution in [-0.2, 0) is 14.2 Å². The average Bonchev–Trinajstić information content (AvgIpc) is 2.67. The molecule has 11 nitrogen and oxygen atoms in total. The highest BCUT2D eigenvalue weighted by atomic mass is 16.6. The van der Waals surface area contributed by atoms with Crippen molar-refractivity contribution in [1.29, 1.82) is 0 Å². The van der Waals surface area contributed by atoms with E-state index >= 15 is 0 Å². The van der Waals surface area contributed by atoms with Crippen LogP contribution < -0.4 is 10.3 Å². The summed E-state index contributed by atoms with van der Waals surface area (Å²) in [5, 5.41) is 8.85. The van der Waals surface area contributed by atoms with Crippen LogP contribution in [0.2, 0.25) is 0 Å². The monoisotopic (exact) mass is 409 g/mol. The molecule has 0 radical (unpaired) electrons. The maximum atomic E-state index is 12.8. The molecule has 1 saturated heterocycles. The van der Waals surface area contributed by atoms with Gasteiger partial charge in [0.1, 0.15) is 5.60 Å². The number of aromatic nitrogens is 2. The summed E-state index contributed by atoms with van der Waals surface area (Å²) in [6, 6.07) is 1.45. The topological polar surface area (TPSA) is 123 Å². The van der Waals surface area contributed by atoms with Gasteiger partial charge >= 0.3 is 12.1 Å². The lowest BCUT2D eigenvalue weighted by Gasteiger charge is -2.28. The van der Waals surface area contributed by atoms with Gasteiger partial charge in [0.25, 0.3) is 5.91 Å². The number of nitrogens with one attached hydrogen (secondary N) is 1. The Morgan fingerprint density at radius 3 is 2.48 bits per heavy atom. The van der Waals surface area contributed by atoms with Crippen LogP contribution in [-0.4, -0.2) is 78.7 Å². The first-order chi connectivity index (χ1) is 13.6. The molecule has 1 aliphatic rings. The van der Waals surface area contributed by atoms with Gasteiger partial charge in [-0.1, -0.05) is 0 Å². The number of nitrogens with zero attached hydrogens (tertiary/aromatic N) is 4. The van der Waals surface area contributed by atoms with Gasteiger partial charge in [-0.25, -0.2) is 14.6 Å². The van der Waals surface area contributed by atoms with E-state index in [1.165, 1.54) is 13.1 Å². The van der Waals surface area contributed by atoms with Crippen LogP contribution >= 0.6 is 0 Å². The minimum absolute atomic E-state index is 0.0599. The van der Waals surface area contributed by atoms with Crippen molar-refractivity contribution in [3.63, 3.8) is 0 Å². The quantitative estimate of drug-likeness (QED) is 0.573. The highest BCUT2D eigenvalue weighted by Gasteiger charge is 2.27. The Morgan fingerprint density at radius 1 is 1.24 bits per heavy atom. The Morgan fingerprint density at radius 2 is 1.90 bits per heavy atom. The van der Waals surface area contributed by atoms with Gasteiger partial charge < -0.3 is 19.1 Å². The van der Waals surface area contributed by atoms with Gasteiger partial charge in [-0.05, 0) is 33.8 Å². The number of hydrazine groups is 1. The van der Waals surface area contributed by atoms with Crippen molar-refractivity contribution in [2.75, 3.05) is 44.9 Å². The number of amides is 2. The number of hydrogen-bond acceptors (Lipinski definition) is 9. The second-order valence-corrected chi connectivity index (χ2v) is 7.26. The van der Waals surface area contributed by atoms with Crippen molar-refractivity contribution in [3.8, 4) is 0 Å². The maximum Gasteiger partial charge on any atom is 0.428 e. The second-order valence-electron chi connectivity index (χ2n) is 7.26. The first kappa shape index (κ1) is 22.3. The van der Waals surface area contributed by atoms with Crippen molar-refractivity contribution in [1.82, 2.24) is 20.6 Å². The van der Waals surface area contributed by atoms with Gasteiger partial charge in [-0.15, -0.1) is 10.2 Å². The highest BCUT2D eigenvalue weighted by Crippen LogP contribution is 2.17. The average molecular weight is 409 g/mol. The summed E-state index contributed by atoms with van der Waals surface area (Å²) < 4.78 is 15.5. The lowest BCUT2D eigenvalue weighted by Crippen LogP contribution is -2.46. The Labute approximate surface area is 169 Å². The van der Waals surface area contributed by atoms with E-state index in [4.69, 9.17) is 14.2 Å². The van der Waals surface area contributed by atoms with E-state index < -0.39 is 23.6 Å². The molecule has 0 aliphatic carbocycles. The molecule has 0 aromatic carbocycles. The number of esters is 1. The lowest BCUT2D eigenvalue weighted by molar-refractivity contribution is 0.0194. The van der Waals surface area contributed by atoms with E-state index in [1.807, 2.05) is 4.90 Å². The molecule has 1 fully saturated rings. The van der Waals surface area contributed by atoms with Gasteiger partial charge in [0.05, 0.1) is 25.4 Å². The summed E-state index contributed by atoms with van der Waals surface area (Å²) in [6.45, 7) is 9.07. The summed E-state index contributed by atoms with van der Waals surface area (Å²) in [4.78, 5) is 39.0. The molecule has 0 unspecified atom stereocenters. The summed E-state index contributed by atoms with van der Waals surface area (Å²) >= 11 is 0. The molecule has 2 heterocycles. The van der Waals surface area contributed by atoms with Gasteiger partial charge in [0, 0.05) is 20.1 Å². The third kappa shape index (κ3) is 6.28. The predicted molar refractivity (Wildman–Crippen MR) is 102 cm³/mol. The van der Waals surface area contributed by atoms with E-state index in [9.17, 15) is 14.4 Å². The SMILES string of the molecule is CCOC(=O)c1nnc(N2CCOCC2)cc1C(=O)NN(C)C(=O)OC(C)(C)C. The van der Waals surface area contributed by atoms with Gasteiger partial charge in [0.15, 0.2) is 11.5 Å². The van der Waals surface area contributed by atoms with Crippen LogP contribution in [0.25, 0.3) is 0 Å². The summed E-state index contributed by atoms with van der Waals surface area (Å²) in [5.74, 6) is -1.07. The molecule has 1 aromatic heterocycles. The zero-order valence-electron chi connectivity index (χ0n) is 17.4. The molecule has 0 spiro atoms. The number of morpholine rings is 1. The molecule has 11 heteroatoms. The molecule has 2 amide bonds. The van der Waals surface area contributed by atoms with E-state index in [2.05, 4.69) is 15.6 Å². The van der Waals surface area contributed by atoms with Crippen molar-refractivity contribution in [2.45, 2.75) is 33.3 Å². The largest absolute Gasteiger partial charge is 0.461 e. The molecular formula is C18H27N5O6. The van der Waals surface area contributed by atoms with E-state index in [0.717, 1.165) is 5.01 Å². The molecule has 160 valence electrons. The molecule has 1 aliphatic heterocycles. The fraction of sp³-hybridized carbons (Fsp3) is 0.611. The first-order valence-electron chi connectivity index (χ1n) is 9.27. The first-order valence-corrected chi connectivity index (χ1v) is 9.27. The van der Waals surface area contributed by atoms with Gasteiger partial charge in [-0.2, -0.15) is 0 Å². The van der Waals surface area contributed by atoms with Gasteiger partial charge in [0.2, 0.25) is 0 Å². The third-order valence-electron chi connectivity index (χ3n) is 3.77. The summed E-state index contributed by atoms with van der Waals surface area (Å²) in [5.41, 5.74) is 1.36. The number of rotatable bonds is 4. The maximum absolute atomic E-state index is 12.8. The second kappa shape index (κ2) is 9.50. The van der Waals surface area contributed by atoms with Crippen LogP contribution in [0.15, 0.2) is 6.07 Å². The van der Waals surface area contributed by atoms with E-state index in [0.29, 0.717) is 32.1 Å². The zero-order chi connectivity index (χ0) is 21.6. The molecule has 0 saturated carbocycles. The van der Waals surface area contributed by atoms with Crippen LogP contribution in [0.5, 0.6) is 0 Å². The standard InChI is InChI=1S/C18H27N5O6/c1-6-28-16(25)14-12(11-13(19-20-14)23-7-9-27-10-8-23)15(24)21-22(5)17(26)29-18(2,3)4/h11H,6-10H2,1-5H3,(H,21,24). The normalized spacial score (nSPS) is 14.2. The predicted octanol–water partition coefficient (Wildman–Crippen LogP) is 1.00. The number of carbonyl (C=O) groups is 3. The lowest BCUT2D eigenvalue weighted by atomic mass is 10.2. The Kier molecular flexibility index (Phi) is 7.32. The molecule has 1 aromatic rings. The minimum atomic E-state index is -0.779.